The van der Waals surface area contributed by atoms with Gasteiger partial charge in [-0.3, -0.25) is 9.59 Å². The summed E-state index contributed by atoms with van der Waals surface area (Å²) in [6.07, 6.45) is 60.6. The van der Waals surface area contributed by atoms with Crippen molar-refractivity contribution in [3.05, 3.63) is 36.5 Å². The zero-order valence-corrected chi connectivity index (χ0v) is 44.9. The van der Waals surface area contributed by atoms with Crippen LogP contribution in [0.4, 0.5) is 0 Å². The Morgan fingerprint density at radius 1 is 0.448 bits per heavy atom. The van der Waals surface area contributed by atoms with Gasteiger partial charge in [0.05, 0.1) is 34.4 Å². The van der Waals surface area contributed by atoms with E-state index in [0.29, 0.717) is 19.3 Å². The molecule has 1 N–H and O–H groups in total. The predicted octanol–water partition coefficient (Wildman–Crippen LogP) is 16.9. The maximum atomic E-state index is 12.8. The summed E-state index contributed by atoms with van der Waals surface area (Å²) in [5.41, 5.74) is 0. The van der Waals surface area contributed by atoms with Crippen molar-refractivity contribution >= 4 is 17.9 Å². The molecule has 0 aliphatic heterocycles. The Labute approximate surface area is 414 Å². The van der Waals surface area contributed by atoms with Gasteiger partial charge in [0.1, 0.15) is 6.61 Å². The van der Waals surface area contributed by atoms with Crippen LogP contribution in [0.15, 0.2) is 36.5 Å². The van der Waals surface area contributed by atoms with Gasteiger partial charge in [0, 0.05) is 19.3 Å². The number of nitrogens with zero attached hydrogens (tertiary/aromatic N) is 1. The molecule has 392 valence electrons. The van der Waals surface area contributed by atoms with Gasteiger partial charge in [0.15, 0.2) is 12.1 Å². The molecule has 0 radical (unpaired) electrons. The van der Waals surface area contributed by atoms with Gasteiger partial charge in [-0.2, -0.15) is 0 Å². The van der Waals surface area contributed by atoms with Crippen LogP contribution < -0.4 is 0 Å². The van der Waals surface area contributed by atoms with Gasteiger partial charge >= 0.3 is 17.9 Å². The zero-order chi connectivity index (χ0) is 49.2. The van der Waals surface area contributed by atoms with Gasteiger partial charge in [-0.05, 0) is 70.6 Å². The van der Waals surface area contributed by atoms with Crippen molar-refractivity contribution in [1.82, 2.24) is 0 Å². The topological polar surface area (TPSA) is 99.1 Å². The number of carbonyl (C=O) groups is 3. The fraction of sp³-hybridized carbons (Fsp3) is 0.847. The molecule has 0 fully saturated rings. The number of rotatable bonds is 52. The lowest BCUT2D eigenvalue weighted by Crippen LogP contribution is -2.50. The fourth-order valence-electron chi connectivity index (χ4n) is 8.59. The quantitative estimate of drug-likeness (QED) is 0.0281. The summed E-state index contributed by atoms with van der Waals surface area (Å²) in [7, 11) is 5.54. The van der Waals surface area contributed by atoms with Crippen LogP contribution in [0.25, 0.3) is 0 Å². The number of aliphatic carboxylic acids is 1. The first-order valence-corrected chi connectivity index (χ1v) is 28.5. The molecule has 8 nitrogen and oxygen atoms in total. The van der Waals surface area contributed by atoms with Crippen molar-refractivity contribution in [2.24, 2.45) is 0 Å². The number of carboxylic acids is 1. The van der Waals surface area contributed by atoms with E-state index in [2.05, 4.69) is 50.3 Å². The monoisotopic (exact) mass is 945 g/mol. The molecule has 0 bridgehead atoms. The molecule has 67 heavy (non-hydrogen) atoms. The largest absolute Gasteiger partial charge is 0.477 e. The fourth-order valence-corrected chi connectivity index (χ4v) is 8.59. The minimum Gasteiger partial charge on any atom is -0.477 e. The van der Waals surface area contributed by atoms with Gasteiger partial charge in [0.25, 0.3) is 0 Å². The Bertz CT molecular complexity index is 1190. The van der Waals surface area contributed by atoms with Gasteiger partial charge in [-0.1, -0.05) is 217 Å². The molecule has 2 unspecified atom stereocenters. The second kappa shape index (κ2) is 50.0. The van der Waals surface area contributed by atoms with E-state index in [1.807, 2.05) is 21.1 Å². The van der Waals surface area contributed by atoms with Crippen LogP contribution in [0.3, 0.4) is 0 Å². The molecule has 0 saturated carbocycles. The van der Waals surface area contributed by atoms with Gasteiger partial charge in [-0.15, -0.1) is 0 Å². The van der Waals surface area contributed by atoms with E-state index in [1.165, 1.54) is 186 Å². The number of unbranched alkanes of at least 4 members (excludes halogenated alkanes) is 32. The third-order valence-corrected chi connectivity index (χ3v) is 13.0. The molecule has 0 aromatic rings. The standard InChI is InChI=1S/C59H109NO7/c1-6-8-10-12-14-16-18-20-22-24-26-28-30-32-34-36-38-40-42-44-46-48-50-58(62)67-55(53-65-52-51-56(59(63)64)60(3,4)5)54-66-57(61)49-47-45-43-41-39-37-35-33-31-29-27-25-23-21-19-17-15-13-11-9-7-2/h24,26,29-32,55-56H,6-23,25,27-28,33-54H2,1-5H3/p+1/b26-24+,31-29+,32-30+. The third kappa shape index (κ3) is 48.4. The van der Waals surface area contributed by atoms with Crippen LogP contribution in [-0.4, -0.2) is 80.6 Å². The molecule has 0 amide bonds. The van der Waals surface area contributed by atoms with E-state index >= 15 is 0 Å². The molecule has 0 aliphatic carbocycles. The van der Waals surface area contributed by atoms with E-state index in [1.54, 1.807) is 0 Å². The summed E-state index contributed by atoms with van der Waals surface area (Å²) in [5, 5.41) is 9.67. The average molecular weight is 946 g/mol. The minimum absolute atomic E-state index is 0.0544. The van der Waals surface area contributed by atoms with Gasteiger partial charge < -0.3 is 23.8 Å². The molecule has 0 aromatic carbocycles. The summed E-state index contributed by atoms with van der Waals surface area (Å²) in [4.78, 5) is 37.3. The Hall–Kier alpha value is -2.45. The number of hydrogen-bond acceptors (Lipinski definition) is 6. The van der Waals surface area contributed by atoms with Crippen LogP contribution in [-0.2, 0) is 28.6 Å². The van der Waals surface area contributed by atoms with Crippen LogP contribution in [0.1, 0.15) is 271 Å². The van der Waals surface area contributed by atoms with E-state index in [-0.39, 0.29) is 36.2 Å². The highest BCUT2D eigenvalue weighted by Gasteiger charge is 2.31. The van der Waals surface area contributed by atoms with Crippen LogP contribution in [0, 0.1) is 0 Å². The normalized spacial score (nSPS) is 13.0. The number of allylic oxidation sites excluding steroid dienone is 6. The van der Waals surface area contributed by atoms with Crippen LogP contribution in [0.5, 0.6) is 0 Å². The first-order chi connectivity index (χ1) is 32.6. The minimum atomic E-state index is -0.874. The first kappa shape index (κ1) is 64.5. The van der Waals surface area contributed by atoms with E-state index in [0.717, 1.165) is 51.4 Å². The number of likely N-dealkylation sites (N-methyl/N-ethyl adjacent to an activating group) is 1. The Kier molecular flexibility index (Phi) is 48.1. The van der Waals surface area contributed by atoms with Crippen molar-refractivity contribution in [3.8, 4) is 0 Å². The Morgan fingerprint density at radius 3 is 1.16 bits per heavy atom. The van der Waals surface area contributed by atoms with E-state index in [9.17, 15) is 19.5 Å². The smallest absolute Gasteiger partial charge is 0.362 e. The molecule has 0 aliphatic rings. The lowest BCUT2D eigenvalue weighted by Gasteiger charge is -2.31. The maximum Gasteiger partial charge on any atom is 0.362 e. The molecule has 8 heteroatoms. The average Bonchev–Trinajstić information content (AvgIpc) is 3.29. The Morgan fingerprint density at radius 2 is 0.791 bits per heavy atom. The molecule has 2 atom stereocenters. The van der Waals surface area contributed by atoms with Crippen molar-refractivity contribution in [1.29, 1.82) is 0 Å². The number of hydrogen-bond donors (Lipinski definition) is 1. The van der Waals surface area contributed by atoms with Crippen molar-refractivity contribution in [3.63, 3.8) is 0 Å². The van der Waals surface area contributed by atoms with Crippen LogP contribution in [0.2, 0.25) is 0 Å². The SMILES string of the molecule is CCCCCCCCCC/C=C/C/C=C/CCCCCCCCCC(=O)OC(COCCC(C(=O)O)[N+](C)(C)C)COC(=O)CCCCCCCCC/C=C/CCCCCCCCCCCC. The van der Waals surface area contributed by atoms with Crippen molar-refractivity contribution in [2.45, 2.75) is 283 Å². The summed E-state index contributed by atoms with van der Waals surface area (Å²) in [5.74, 6) is -1.47. The Balaban J connectivity index is 4.20. The highest BCUT2D eigenvalue weighted by atomic mass is 16.6. The lowest BCUT2D eigenvalue weighted by molar-refractivity contribution is -0.887. The van der Waals surface area contributed by atoms with Gasteiger partial charge in [0.2, 0.25) is 0 Å². The predicted molar refractivity (Wildman–Crippen MR) is 285 cm³/mol. The summed E-state index contributed by atoms with van der Waals surface area (Å²) in [6, 6.07) is -0.617. The summed E-state index contributed by atoms with van der Waals surface area (Å²) < 4.78 is 17.4. The van der Waals surface area contributed by atoms with Crippen molar-refractivity contribution < 1.29 is 38.2 Å². The second-order valence-electron chi connectivity index (χ2n) is 20.5. The molecule has 0 heterocycles. The number of esters is 2. The molecule has 0 saturated heterocycles. The molecule has 0 aromatic heterocycles. The zero-order valence-electron chi connectivity index (χ0n) is 44.9. The number of carboxylic acid groups (broad SMARTS) is 1. The number of carbonyl (C=O) groups excluding carboxylic acids is 2. The third-order valence-electron chi connectivity index (χ3n) is 13.0. The highest BCUT2D eigenvalue weighted by Crippen LogP contribution is 2.16. The molecular formula is C59H110NO7+. The maximum absolute atomic E-state index is 12.8. The summed E-state index contributed by atoms with van der Waals surface area (Å²) in [6.45, 7) is 4.77. The number of ether oxygens (including phenoxy) is 3. The summed E-state index contributed by atoms with van der Waals surface area (Å²) >= 11 is 0. The van der Waals surface area contributed by atoms with E-state index < -0.39 is 18.1 Å². The molecular weight excluding hydrogens is 835 g/mol. The van der Waals surface area contributed by atoms with Crippen LogP contribution >= 0.6 is 0 Å². The molecule has 0 spiro atoms. The number of quaternary nitrogens is 1. The molecule has 0 rings (SSSR count). The van der Waals surface area contributed by atoms with Crippen molar-refractivity contribution in [2.75, 3.05) is 41.0 Å². The van der Waals surface area contributed by atoms with E-state index in [4.69, 9.17) is 14.2 Å². The highest BCUT2D eigenvalue weighted by molar-refractivity contribution is 5.72. The van der Waals surface area contributed by atoms with Gasteiger partial charge in [-0.25, -0.2) is 4.79 Å². The first-order valence-electron chi connectivity index (χ1n) is 28.5. The lowest BCUT2D eigenvalue weighted by atomic mass is 10.1. The second-order valence-corrected chi connectivity index (χ2v) is 20.5.